The highest BCUT2D eigenvalue weighted by Crippen LogP contribution is 2.13. The number of urea groups is 1. The number of oxazole rings is 1. The lowest BCUT2D eigenvalue weighted by Crippen LogP contribution is -2.43. The van der Waals surface area contributed by atoms with Crippen LogP contribution in [0.1, 0.15) is 23.4 Å². The zero-order valence-electron chi connectivity index (χ0n) is 13.6. The van der Waals surface area contributed by atoms with Gasteiger partial charge in [0.15, 0.2) is 5.96 Å². The van der Waals surface area contributed by atoms with E-state index >= 15 is 0 Å². The number of guanidine groups is 1. The van der Waals surface area contributed by atoms with Crippen molar-refractivity contribution in [3.8, 4) is 0 Å². The van der Waals surface area contributed by atoms with Crippen molar-refractivity contribution in [3.05, 3.63) is 47.3 Å². The molecular formula is C16H22N6O2. The Hall–Kier alpha value is -3.03. The molecule has 2 amide bonds. The first-order valence-corrected chi connectivity index (χ1v) is 7.65. The van der Waals surface area contributed by atoms with Crippen LogP contribution >= 0.6 is 0 Å². The smallest absolute Gasteiger partial charge is 0.321 e. The fraction of sp³-hybridized carbons (Fsp3) is 0.312. The molecule has 8 nitrogen and oxygen atoms in total. The summed E-state index contributed by atoms with van der Waals surface area (Å²) < 4.78 is 5.27. The predicted molar refractivity (Wildman–Crippen MR) is 92.3 cm³/mol. The molecule has 2 aromatic rings. The minimum atomic E-state index is -0.390. The summed E-state index contributed by atoms with van der Waals surface area (Å²) in [5.41, 5.74) is 12.9. The summed E-state index contributed by atoms with van der Waals surface area (Å²) in [7, 11) is 0. The van der Waals surface area contributed by atoms with Gasteiger partial charge < -0.3 is 21.2 Å². The standard InChI is InChI=1S/C16H22N6O2/c1-11-13(24-15(18)21-11)8-5-9-19-14(17)22-16(23)20-10-12-6-3-2-4-7-12/h2-4,6-7H,5,8-10H2,1H3,(H2,18,21)(H4,17,19,20,22,23). The van der Waals surface area contributed by atoms with Crippen molar-refractivity contribution in [3.63, 3.8) is 0 Å². The lowest BCUT2D eigenvalue weighted by molar-refractivity contribution is 0.245. The van der Waals surface area contributed by atoms with E-state index in [-0.39, 0.29) is 18.0 Å². The molecule has 0 bridgehead atoms. The number of nitrogens with one attached hydrogen (secondary N) is 2. The van der Waals surface area contributed by atoms with Crippen LogP contribution in [0.15, 0.2) is 39.7 Å². The zero-order chi connectivity index (χ0) is 17.4. The van der Waals surface area contributed by atoms with Crippen molar-refractivity contribution in [1.29, 1.82) is 0 Å². The third-order valence-corrected chi connectivity index (χ3v) is 3.29. The van der Waals surface area contributed by atoms with Gasteiger partial charge in [0.05, 0.1) is 5.69 Å². The van der Waals surface area contributed by atoms with Crippen LogP contribution in [0, 0.1) is 6.92 Å². The van der Waals surface area contributed by atoms with Crippen LogP contribution in [0.25, 0.3) is 0 Å². The summed E-state index contributed by atoms with van der Waals surface area (Å²) in [6.45, 7) is 2.72. The number of hydrogen-bond donors (Lipinski definition) is 4. The number of rotatable bonds is 6. The molecule has 0 aliphatic heterocycles. The van der Waals surface area contributed by atoms with Gasteiger partial charge in [0.25, 0.3) is 6.01 Å². The minimum absolute atomic E-state index is 0.0781. The Bertz CT molecular complexity index is 696. The number of aryl methyl sites for hydroxylation is 2. The average molecular weight is 330 g/mol. The molecule has 1 aromatic carbocycles. The number of nitrogens with two attached hydrogens (primary N) is 2. The van der Waals surface area contributed by atoms with E-state index in [1.54, 1.807) is 0 Å². The molecule has 24 heavy (non-hydrogen) atoms. The van der Waals surface area contributed by atoms with E-state index in [0.29, 0.717) is 25.9 Å². The SMILES string of the molecule is Cc1nc(N)oc1CCCN=C(N)NC(=O)NCc1ccccc1. The van der Waals surface area contributed by atoms with Gasteiger partial charge in [-0.05, 0) is 18.9 Å². The van der Waals surface area contributed by atoms with Crippen molar-refractivity contribution in [1.82, 2.24) is 15.6 Å². The Kier molecular flexibility index (Phi) is 6.18. The molecule has 0 saturated carbocycles. The number of hydrogen-bond acceptors (Lipinski definition) is 5. The number of amides is 2. The van der Waals surface area contributed by atoms with Gasteiger partial charge in [-0.3, -0.25) is 10.3 Å². The number of nitrogen functional groups attached to an aromatic ring is 1. The summed E-state index contributed by atoms with van der Waals surface area (Å²) in [5.74, 6) is 0.823. The number of aromatic nitrogens is 1. The van der Waals surface area contributed by atoms with Gasteiger partial charge in [-0.2, -0.15) is 4.98 Å². The van der Waals surface area contributed by atoms with E-state index in [1.165, 1.54) is 0 Å². The largest absolute Gasteiger partial charge is 0.429 e. The van der Waals surface area contributed by atoms with Crippen LogP contribution in [0.2, 0.25) is 0 Å². The number of anilines is 1. The number of carbonyl (C=O) groups excluding carboxylic acids is 1. The second-order valence-electron chi connectivity index (χ2n) is 5.22. The van der Waals surface area contributed by atoms with Crippen molar-refractivity contribution in [2.75, 3.05) is 12.3 Å². The van der Waals surface area contributed by atoms with E-state index in [0.717, 1.165) is 17.0 Å². The number of aliphatic imine (C=N–C) groups is 1. The molecule has 0 saturated heterocycles. The molecule has 0 aliphatic rings. The molecule has 0 radical (unpaired) electrons. The van der Waals surface area contributed by atoms with E-state index in [4.69, 9.17) is 15.9 Å². The quantitative estimate of drug-likeness (QED) is 0.360. The molecule has 0 fully saturated rings. The van der Waals surface area contributed by atoms with E-state index in [2.05, 4.69) is 20.6 Å². The monoisotopic (exact) mass is 330 g/mol. The van der Waals surface area contributed by atoms with E-state index < -0.39 is 0 Å². The summed E-state index contributed by atoms with van der Waals surface area (Å²) in [4.78, 5) is 19.8. The first-order valence-electron chi connectivity index (χ1n) is 7.65. The Morgan fingerprint density at radius 2 is 2.08 bits per heavy atom. The molecule has 6 N–H and O–H groups in total. The summed E-state index contributed by atoms with van der Waals surface area (Å²) in [6.07, 6.45) is 1.37. The highest BCUT2D eigenvalue weighted by Gasteiger charge is 2.06. The van der Waals surface area contributed by atoms with Gasteiger partial charge in [-0.15, -0.1) is 0 Å². The van der Waals surface area contributed by atoms with E-state index in [9.17, 15) is 4.79 Å². The maximum Gasteiger partial charge on any atom is 0.321 e. The van der Waals surface area contributed by atoms with Gasteiger partial charge in [0.2, 0.25) is 0 Å². The van der Waals surface area contributed by atoms with Crippen molar-refractivity contribution >= 4 is 18.0 Å². The first-order chi connectivity index (χ1) is 11.5. The Balaban J connectivity index is 1.67. The van der Waals surface area contributed by atoms with Crippen LogP contribution in [0.3, 0.4) is 0 Å². The van der Waals surface area contributed by atoms with Gasteiger partial charge in [0.1, 0.15) is 5.76 Å². The maximum absolute atomic E-state index is 11.7. The Morgan fingerprint density at radius 1 is 1.33 bits per heavy atom. The molecule has 0 atom stereocenters. The molecule has 128 valence electrons. The van der Waals surface area contributed by atoms with Gasteiger partial charge in [-0.1, -0.05) is 30.3 Å². The third-order valence-electron chi connectivity index (χ3n) is 3.29. The van der Waals surface area contributed by atoms with Crippen molar-refractivity contribution in [2.24, 2.45) is 10.7 Å². The Labute approximate surface area is 140 Å². The van der Waals surface area contributed by atoms with Gasteiger partial charge in [0, 0.05) is 19.5 Å². The molecule has 1 aromatic heterocycles. The average Bonchev–Trinajstić information content (AvgIpc) is 2.88. The van der Waals surface area contributed by atoms with Crippen molar-refractivity contribution < 1.29 is 9.21 Å². The molecule has 8 heteroatoms. The number of carbonyl (C=O) groups is 1. The Morgan fingerprint density at radius 3 is 2.75 bits per heavy atom. The van der Waals surface area contributed by atoms with Crippen LogP contribution < -0.4 is 22.1 Å². The summed E-state index contributed by atoms with van der Waals surface area (Å²) >= 11 is 0. The maximum atomic E-state index is 11.7. The minimum Gasteiger partial charge on any atom is -0.429 e. The molecular weight excluding hydrogens is 308 g/mol. The van der Waals surface area contributed by atoms with Crippen LogP contribution in [0.5, 0.6) is 0 Å². The highest BCUT2D eigenvalue weighted by atomic mass is 16.4. The second-order valence-corrected chi connectivity index (χ2v) is 5.22. The summed E-state index contributed by atoms with van der Waals surface area (Å²) in [6, 6.07) is 9.37. The molecule has 0 aliphatic carbocycles. The van der Waals surface area contributed by atoms with Crippen LogP contribution in [-0.4, -0.2) is 23.5 Å². The van der Waals surface area contributed by atoms with Gasteiger partial charge in [-0.25, -0.2) is 4.79 Å². The molecule has 2 rings (SSSR count). The second kappa shape index (κ2) is 8.56. The zero-order valence-corrected chi connectivity index (χ0v) is 13.6. The van der Waals surface area contributed by atoms with Crippen molar-refractivity contribution in [2.45, 2.75) is 26.3 Å². The van der Waals surface area contributed by atoms with Crippen LogP contribution in [0.4, 0.5) is 10.8 Å². The highest BCUT2D eigenvalue weighted by molar-refractivity contribution is 5.95. The molecule has 0 unspecified atom stereocenters. The lowest BCUT2D eigenvalue weighted by atomic mass is 10.2. The normalized spacial score (nSPS) is 11.3. The fourth-order valence-electron chi connectivity index (χ4n) is 2.10. The first kappa shape index (κ1) is 17.3. The molecule has 1 heterocycles. The third kappa shape index (κ3) is 5.64. The summed E-state index contributed by atoms with van der Waals surface area (Å²) in [5, 5.41) is 5.19. The molecule has 0 spiro atoms. The van der Waals surface area contributed by atoms with Gasteiger partial charge >= 0.3 is 6.03 Å². The topological polar surface area (TPSA) is 132 Å². The number of nitrogens with zero attached hydrogens (tertiary/aromatic N) is 2. The number of benzene rings is 1. The fourth-order valence-corrected chi connectivity index (χ4v) is 2.10. The lowest BCUT2D eigenvalue weighted by Gasteiger charge is -2.07. The predicted octanol–water partition coefficient (Wildman–Crippen LogP) is 1.31. The van der Waals surface area contributed by atoms with E-state index in [1.807, 2.05) is 37.3 Å². The van der Waals surface area contributed by atoms with Crippen LogP contribution in [-0.2, 0) is 13.0 Å².